The van der Waals surface area contributed by atoms with Crippen LogP contribution in [0.2, 0.25) is 0 Å². The van der Waals surface area contributed by atoms with Crippen LogP contribution >= 0.6 is 0 Å². The van der Waals surface area contributed by atoms with Gasteiger partial charge in [0.05, 0.1) is 2.74 Å². The van der Waals surface area contributed by atoms with E-state index in [1.807, 2.05) is 0 Å². The lowest BCUT2D eigenvalue weighted by atomic mass is 10.0. The molecular weight excluding hydrogens is 246 g/mol. The van der Waals surface area contributed by atoms with E-state index < -0.39 is 43.0 Å². The molecule has 1 atom stereocenters. The molecule has 1 aromatic carbocycles. The number of rotatable bonds is 1. The predicted molar refractivity (Wildman–Crippen MR) is 66.9 cm³/mol. The number of carbonyl (C=O) groups excluding carboxylic acids is 3. The van der Waals surface area contributed by atoms with Gasteiger partial charge < -0.3 is 10.6 Å². The summed E-state index contributed by atoms with van der Waals surface area (Å²) in [7, 11) is 0. The third kappa shape index (κ3) is 1.76. The van der Waals surface area contributed by atoms with Crippen LogP contribution in [0.15, 0.2) is 18.2 Å². The lowest BCUT2D eigenvalue weighted by Crippen LogP contribution is -2.52. The number of carbonyl (C=O) groups is 3. The van der Waals surface area contributed by atoms with Crippen molar-refractivity contribution >= 4 is 23.4 Å². The molecule has 0 bridgehead atoms. The van der Waals surface area contributed by atoms with Crippen LogP contribution in [0.25, 0.3) is 0 Å². The molecule has 2 aliphatic rings. The number of nitrogens with zero attached hydrogens (tertiary/aromatic N) is 1. The summed E-state index contributed by atoms with van der Waals surface area (Å²) in [6.45, 7) is -2.66. The molecule has 3 N–H and O–H groups in total. The van der Waals surface area contributed by atoms with Crippen LogP contribution < -0.4 is 11.1 Å². The highest BCUT2D eigenvalue weighted by molar-refractivity contribution is 6.06. The normalized spacial score (nSPS) is 35.1. The second kappa shape index (κ2) is 4.08. The molecule has 0 aromatic heterocycles. The number of nitrogens with two attached hydrogens (primary N) is 1. The van der Waals surface area contributed by atoms with Gasteiger partial charge >= 0.3 is 0 Å². The van der Waals surface area contributed by atoms with Gasteiger partial charge in [0, 0.05) is 35.2 Å². The Hall–Kier alpha value is -2.37. The van der Waals surface area contributed by atoms with Crippen LogP contribution in [-0.4, -0.2) is 28.7 Å². The molecule has 0 radical (unpaired) electrons. The van der Waals surface area contributed by atoms with E-state index in [-0.39, 0.29) is 16.8 Å². The Morgan fingerprint density at radius 3 is 2.89 bits per heavy atom. The molecule has 98 valence electrons. The van der Waals surface area contributed by atoms with Crippen molar-refractivity contribution in [1.82, 2.24) is 10.2 Å². The second-order valence-electron chi connectivity index (χ2n) is 4.05. The number of nitrogens with one attached hydrogen (secondary N) is 1. The van der Waals surface area contributed by atoms with Gasteiger partial charge in [-0.2, -0.15) is 0 Å². The summed E-state index contributed by atoms with van der Waals surface area (Å²) in [6.07, 6.45) is -6.31. The van der Waals surface area contributed by atoms with E-state index in [1.54, 1.807) is 5.32 Å². The average Bonchev–Trinajstić information content (AvgIpc) is 2.67. The number of imide groups is 1. The Labute approximate surface area is 118 Å². The standard InChI is InChI=1S/C13H13N3O3/c14-9-3-1-2-7-8(9)6-16(13(7)19)10-4-5-11(17)15-12(10)18/h1-3,10H,4-6,14H2,(H,15,17,18)/i4D2,5D2,6D2. The van der Waals surface area contributed by atoms with Gasteiger partial charge in [0.15, 0.2) is 0 Å². The number of hydrogen-bond donors (Lipinski definition) is 2. The van der Waals surface area contributed by atoms with E-state index in [0.29, 0.717) is 4.90 Å². The number of nitrogen functional groups attached to an aromatic ring is 1. The minimum atomic E-state index is -3.16. The molecule has 0 saturated carbocycles. The molecule has 0 aliphatic carbocycles. The first-order valence-corrected chi connectivity index (χ1v) is 5.43. The molecular formula is C13H13N3O3. The second-order valence-corrected chi connectivity index (χ2v) is 4.05. The van der Waals surface area contributed by atoms with Crippen molar-refractivity contribution in [3.8, 4) is 0 Å². The van der Waals surface area contributed by atoms with E-state index in [9.17, 15) is 14.4 Å². The van der Waals surface area contributed by atoms with Gasteiger partial charge in [-0.3, -0.25) is 19.7 Å². The molecule has 2 heterocycles. The molecule has 3 rings (SSSR count). The maximum absolute atomic E-state index is 12.7. The van der Waals surface area contributed by atoms with Crippen molar-refractivity contribution in [3.63, 3.8) is 0 Å². The van der Waals surface area contributed by atoms with Gasteiger partial charge in [-0.1, -0.05) is 6.07 Å². The Balaban J connectivity index is 2.20. The highest BCUT2D eigenvalue weighted by Gasteiger charge is 2.39. The molecule has 6 heteroatoms. The molecule has 1 fully saturated rings. The van der Waals surface area contributed by atoms with Gasteiger partial charge in [-0.05, 0) is 18.5 Å². The highest BCUT2D eigenvalue weighted by Crippen LogP contribution is 2.30. The fraction of sp³-hybridized carbons (Fsp3) is 0.308. The fourth-order valence-electron chi connectivity index (χ4n) is 1.95. The number of hydrogen-bond acceptors (Lipinski definition) is 4. The first kappa shape index (κ1) is 6.70. The summed E-state index contributed by atoms with van der Waals surface area (Å²) in [5, 5.41) is 1.67. The molecule has 1 saturated heterocycles. The monoisotopic (exact) mass is 265 g/mol. The summed E-state index contributed by atoms with van der Waals surface area (Å²) in [5.41, 5.74) is 5.31. The van der Waals surface area contributed by atoms with Gasteiger partial charge in [-0.15, -0.1) is 0 Å². The van der Waals surface area contributed by atoms with Crippen molar-refractivity contribution < 1.29 is 22.6 Å². The van der Waals surface area contributed by atoms with E-state index in [4.69, 9.17) is 14.0 Å². The van der Waals surface area contributed by atoms with E-state index in [2.05, 4.69) is 0 Å². The van der Waals surface area contributed by atoms with Crippen LogP contribution in [0.3, 0.4) is 0 Å². The average molecular weight is 265 g/mol. The van der Waals surface area contributed by atoms with Crippen LogP contribution in [0.4, 0.5) is 5.69 Å². The quantitative estimate of drug-likeness (QED) is 0.553. The lowest BCUT2D eigenvalue weighted by molar-refractivity contribution is -0.136. The van der Waals surface area contributed by atoms with Gasteiger partial charge in [0.1, 0.15) is 6.04 Å². The van der Waals surface area contributed by atoms with E-state index in [0.717, 1.165) is 0 Å². The summed E-state index contributed by atoms with van der Waals surface area (Å²) < 4.78 is 47.7. The zero-order valence-electron chi connectivity index (χ0n) is 15.6. The number of piperidine rings is 1. The van der Waals surface area contributed by atoms with Crippen LogP contribution in [0.5, 0.6) is 0 Å². The minimum absolute atomic E-state index is 0.0609. The largest absolute Gasteiger partial charge is 0.398 e. The highest BCUT2D eigenvalue weighted by atomic mass is 16.2. The predicted octanol–water partition coefficient (Wildman–Crippen LogP) is 0.0298. The molecule has 2 aliphatic heterocycles. The maximum Gasteiger partial charge on any atom is 0.255 e. The first-order chi connectivity index (χ1) is 11.3. The number of fused-ring (bicyclic) bond motifs is 1. The molecule has 1 unspecified atom stereocenters. The van der Waals surface area contributed by atoms with E-state index in [1.165, 1.54) is 18.2 Å². The van der Waals surface area contributed by atoms with Crippen molar-refractivity contribution in [2.24, 2.45) is 0 Å². The number of anilines is 1. The van der Waals surface area contributed by atoms with Gasteiger partial charge in [-0.25, -0.2) is 0 Å². The van der Waals surface area contributed by atoms with Crippen molar-refractivity contribution in [3.05, 3.63) is 29.3 Å². The molecule has 3 amide bonds. The fourth-order valence-corrected chi connectivity index (χ4v) is 1.95. The zero-order chi connectivity index (χ0) is 18.9. The summed E-state index contributed by atoms with van der Waals surface area (Å²) >= 11 is 0. The van der Waals surface area contributed by atoms with Crippen molar-refractivity contribution in [1.29, 1.82) is 0 Å². The maximum atomic E-state index is 12.7. The van der Waals surface area contributed by atoms with Gasteiger partial charge in [0.2, 0.25) is 11.8 Å². The third-order valence-corrected chi connectivity index (χ3v) is 2.84. The Kier molecular flexibility index (Phi) is 1.44. The topological polar surface area (TPSA) is 92.5 Å². The van der Waals surface area contributed by atoms with Crippen molar-refractivity contribution in [2.75, 3.05) is 5.73 Å². The third-order valence-electron chi connectivity index (χ3n) is 2.84. The van der Waals surface area contributed by atoms with Crippen LogP contribution in [0, 0.1) is 0 Å². The van der Waals surface area contributed by atoms with Crippen LogP contribution in [-0.2, 0) is 16.1 Å². The molecule has 19 heavy (non-hydrogen) atoms. The molecule has 1 aromatic rings. The first-order valence-electron chi connectivity index (χ1n) is 8.43. The number of benzene rings is 1. The Morgan fingerprint density at radius 1 is 1.37 bits per heavy atom. The summed E-state index contributed by atoms with van der Waals surface area (Å²) in [6, 6.07) is 1.84. The Morgan fingerprint density at radius 2 is 2.16 bits per heavy atom. The molecule has 6 nitrogen and oxygen atoms in total. The van der Waals surface area contributed by atoms with Gasteiger partial charge in [0.25, 0.3) is 5.91 Å². The SMILES string of the molecule is [2H]C1([2H])c2c(N)cccc2C(=O)N1C1C(=O)NC(=O)C([2H])([2H])C1([2H])[2H]. The molecule has 0 spiro atoms. The summed E-state index contributed by atoms with van der Waals surface area (Å²) in [5.74, 6) is -3.79. The smallest absolute Gasteiger partial charge is 0.255 e. The minimum Gasteiger partial charge on any atom is -0.398 e. The Bertz CT molecular complexity index is 825. The summed E-state index contributed by atoms with van der Waals surface area (Å²) in [4.78, 5) is 36.9. The van der Waals surface area contributed by atoms with Crippen LogP contribution in [0.1, 0.15) is 36.9 Å². The lowest BCUT2D eigenvalue weighted by Gasteiger charge is -2.29. The van der Waals surface area contributed by atoms with Crippen molar-refractivity contribution in [2.45, 2.75) is 25.3 Å². The van der Waals surface area contributed by atoms with E-state index >= 15 is 0 Å². The zero-order valence-corrected chi connectivity index (χ0v) is 9.56. The number of amides is 3.